The normalized spacial score (nSPS) is 11.7. The van der Waals surface area contributed by atoms with Gasteiger partial charge in [-0.2, -0.15) is 8.42 Å². The molecule has 0 heterocycles. The van der Waals surface area contributed by atoms with E-state index in [1.54, 1.807) is 43.3 Å². The number of aryl methyl sites for hydroxylation is 1. The van der Waals surface area contributed by atoms with Gasteiger partial charge in [0.2, 0.25) is 0 Å². The summed E-state index contributed by atoms with van der Waals surface area (Å²) in [5.41, 5.74) is 0.528. The van der Waals surface area contributed by atoms with Crippen molar-refractivity contribution < 1.29 is 27.6 Å². The lowest BCUT2D eigenvalue weighted by atomic mass is 10.0. The first-order valence-electron chi connectivity index (χ1n) is 11.1. The molecule has 196 valence electrons. The number of ether oxygens (including phenoxy) is 1. The highest BCUT2D eigenvalue weighted by Crippen LogP contribution is 2.41. The number of carbonyl (C=O) groups excluding carboxylic acids is 1. The minimum absolute atomic E-state index is 0.0411. The highest BCUT2D eigenvalue weighted by atomic mass is 35.5. The molecular weight excluding hydrogens is 553 g/mol. The number of hydrogen-bond acceptors (Lipinski definition) is 7. The first kappa shape index (κ1) is 27.3. The van der Waals surface area contributed by atoms with E-state index in [9.17, 15) is 22.9 Å². The lowest BCUT2D eigenvalue weighted by Gasteiger charge is -2.13. The van der Waals surface area contributed by atoms with Crippen LogP contribution in [0, 0.1) is 0 Å². The summed E-state index contributed by atoms with van der Waals surface area (Å²) in [6.07, 6.45) is 0.363. The van der Waals surface area contributed by atoms with Gasteiger partial charge in [0.15, 0.2) is 5.75 Å². The number of phenols is 1. The Morgan fingerprint density at radius 3 is 2.47 bits per heavy atom. The maximum absolute atomic E-state index is 13.2. The number of anilines is 1. The summed E-state index contributed by atoms with van der Waals surface area (Å²) in [5, 5.41) is 23.6. The number of hydrogen-bond donors (Lipinski definition) is 3. The van der Waals surface area contributed by atoms with Crippen LogP contribution in [0.3, 0.4) is 0 Å². The van der Waals surface area contributed by atoms with Crippen LogP contribution in [-0.2, 0) is 16.5 Å². The van der Waals surface area contributed by atoms with Gasteiger partial charge in [-0.3, -0.25) is 9.35 Å². The lowest BCUT2D eigenvalue weighted by Crippen LogP contribution is -2.13. The van der Waals surface area contributed by atoms with Crippen LogP contribution in [-0.4, -0.2) is 31.1 Å². The van der Waals surface area contributed by atoms with Crippen LogP contribution in [0.1, 0.15) is 22.8 Å². The summed E-state index contributed by atoms with van der Waals surface area (Å²) in [6.45, 7) is 1.76. The van der Waals surface area contributed by atoms with Crippen molar-refractivity contribution in [3.63, 3.8) is 0 Å². The van der Waals surface area contributed by atoms with Crippen molar-refractivity contribution in [3.8, 4) is 11.5 Å². The number of methoxy groups -OCH3 is 1. The fourth-order valence-corrected chi connectivity index (χ4v) is 4.79. The molecule has 0 spiro atoms. The molecule has 0 bridgehead atoms. The third kappa shape index (κ3) is 5.58. The summed E-state index contributed by atoms with van der Waals surface area (Å²) < 4.78 is 38.3. The van der Waals surface area contributed by atoms with Gasteiger partial charge in [-0.1, -0.05) is 54.4 Å². The summed E-state index contributed by atoms with van der Waals surface area (Å²) in [4.78, 5) is 12.8. The molecular formula is C26H21Cl2N3O6S. The standard InChI is InChI=1S/C26H21Cl2N3O6S/c1-3-14-10-17(38(34,35)36)13-21(23(14)28)30-31-24-18-7-5-4-6-15(18)11-19(25(24)32)26(33)29-20-12-16(27)8-9-22(20)37-2/h4-13,32H,3H2,1-2H3,(H,29,33)(H,34,35,36). The Kier molecular flexibility index (Phi) is 7.89. The van der Waals surface area contributed by atoms with Crippen molar-refractivity contribution in [1.29, 1.82) is 0 Å². The van der Waals surface area contributed by atoms with Crippen LogP contribution in [0.4, 0.5) is 17.1 Å². The summed E-state index contributed by atoms with van der Waals surface area (Å²) in [6, 6.07) is 15.4. The molecule has 0 fully saturated rings. The maximum atomic E-state index is 13.2. The van der Waals surface area contributed by atoms with Crippen LogP contribution < -0.4 is 10.1 Å². The minimum Gasteiger partial charge on any atom is -0.505 e. The van der Waals surface area contributed by atoms with Crippen molar-refractivity contribution in [2.75, 3.05) is 12.4 Å². The van der Waals surface area contributed by atoms with Crippen molar-refractivity contribution in [3.05, 3.63) is 81.8 Å². The van der Waals surface area contributed by atoms with E-state index in [4.69, 9.17) is 27.9 Å². The summed E-state index contributed by atoms with van der Waals surface area (Å²) >= 11 is 12.5. The van der Waals surface area contributed by atoms with Crippen molar-refractivity contribution in [1.82, 2.24) is 0 Å². The monoisotopic (exact) mass is 573 g/mol. The Morgan fingerprint density at radius 1 is 1.05 bits per heavy atom. The number of carbonyl (C=O) groups is 1. The average Bonchev–Trinajstić information content (AvgIpc) is 2.88. The van der Waals surface area contributed by atoms with Crippen LogP contribution in [0.2, 0.25) is 10.0 Å². The van der Waals surface area contributed by atoms with E-state index >= 15 is 0 Å². The van der Waals surface area contributed by atoms with Gasteiger partial charge >= 0.3 is 0 Å². The fraction of sp³-hybridized carbons (Fsp3) is 0.115. The SMILES string of the molecule is CCc1cc(S(=O)(=O)O)cc(N=Nc2c(O)c(C(=O)Nc3cc(Cl)ccc3OC)cc3ccccc23)c1Cl. The third-order valence-corrected chi connectivity index (χ3v) is 7.19. The number of halogens is 2. The second-order valence-electron chi connectivity index (χ2n) is 8.09. The highest BCUT2D eigenvalue weighted by molar-refractivity contribution is 7.85. The van der Waals surface area contributed by atoms with E-state index in [0.717, 1.165) is 6.07 Å². The molecule has 38 heavy (non-hydrogen) atoms. The van der Waals surface area contributed by atoms with Gasteiger partial charge in [-0.15, -0.1) is 10.2 Å². The Bertz CT molecular complexity index is 1710. The van der Waals surface area contributed by atoms with E-state index in [2.05, 4.69) is 15.5 Å². The number of azo groups is 1. The van der Waals surface area contributed by atoms with Gasteiger partial charge in [0, 0.05) is 10.4 Å². The maximum Gasteiger partial charge on any atom is 0.294 e. The molecule has 0 radical (unpaired) electrons. The molecule has 0 aromatic heterocycles. The van der Waals surface area contributed by atoms with E-state index in [0.29, 0.717) is 39.2 Å². The molecule has 9 nitrogen and oxygen atoms in total. The van der Waals surface area contributed by atoms with Gasteiger partial charge in [0.1, 0.15) is 17.1 Å². The Labute approximate surface area is 228 Å². The molecule has 1 amide bonds. The number of fused-ring (bicyclic) bond motifs is 1. The van der Waals surface area contributed by atoms with Gasteiger partial charge in [0.05, 0.1) is 28.3 Å². The van der Waals surface area contributed by atoms with Crippen LogP contribution in [0.5, 0.6) is 11.5 Å². The number of phenolic OH excluding ortho intramolecular Hbond substituents is 1. The molecule has 12 heteroatoms. The zero-order valence-corrected chi connectivity index (χ0v) is 22.4. The molecule has 0 saturated carbocycles. The number of nitrogens with one attached hydrogen (secondary N) is 1. The van der Waals surface area contributed by atoms with Gasteiger partial charge in [0.25, 0.3) is 16.0 Å². The largest absolute Gasteiger partial charge is 0.505 e. The molecule has 4 aromatic rings. The van der Waals surface area contributed by atoms with Gasteiger partial charge < -0.3 is 15.2 Å². The average molecular weight is 574 g/mol. The molecule has 0 aliphatic heterocycles. The predicted molar refractivity (Wildman–Crippen MR) is 146 cm³/mol. The number of rotatable bonds is 7. The number of benzene rings is 4. The Balaban J connectivity index is 1.84. The quantitative estimate of drug-likeness (QED) is 0.156. The third-order valence-electron chi connectivity index (χ3n) is 5.69. The molecule has 0 aliphatic carbocycles. The van der Waals surface area contributed by atoms with Gasteiger partial charge in [-0.05, 0) is 53.8 Å². The predicted octanol–water partition coefficient (Wildman–Crippen LogP) is 7.34. The van der Waals surface area contributed by atoms with E-state index in [-0.39, 0.29) is 22.0 Å². The van der Waals surface area contributed by atoms with Gasteiger partial charge in [-0.25, -0.2) is 0 Å². The zero-order chi connectivity index (χ0) is 27.6. The van der Waals surface area contributed by atoms with Crippen molar-refractivity contribution in [2.45, 2.75) is 18.2 Å². The first-order chi connectivity index (χ1) is 18.0. The van der Waals surface area contributed by atoms with Crippen molar-refractivity contribution in [2.24, 2.45) is 10.2 Å². The highest BCUT2D eigenvalue weighted by Gasteiger charge is 2.21. The molecule has 4 rings (SSSR count). The van der Waals surface area contributed by atoms with Crippen LogP contribution in [0.15, 0.2) is 75.8 Å². The Hall–Kier alpha value is -3.70. The molecule has 0 saturated heterocycles. The topological polar surface area (TPSA) is 138 Å². The summed E-state index contributed by atoms with van der Waals surface area (Å²) in [5.74, 6) is -0.767. The molecule has 0 aliphatic rings. The van der Waals surface area contributed by atoms with E-state index in [1.807, 2.05) is 0 Å². The number of nitrogens with zero attached hydrogens (tertiary/aromatic N) is 2. The smallest absolute Gasteiger partial charge is 0.294 e. The van der Waals surface area contributed by atoms with E-state index < -0.39 is 26.7 Å². The second-order valence-corrected chi connectivity index (χ2v) is 10.3. The van der Waals surface area contributed by atoms with Crippen molar-refractivity contribution >= 4 is 67.1 Å². The number of amides is 1. The lowest BCUT2D eigenvalue weighted by molar-refractivity contribution is 0.102. The Morgan fingerprint density at radius 2 is 1.79 bits per heavy atom. The molecule has 3 N–H and O–H groups in total. The first-order valence-corrected chi connectivity index (χ1v) is 13.3. The van der Waals surface area contributed by atoms with E-state index in [1.165, 1.54) is 25.3 Å². The second kappa shape index (κ2) is 11.0. The number of aromatic hydroxyl groups is 1. The van der Waals surface area contributed by atoms with Crippen LogP contribution >= 0.6 is 23.2 Å². The molecule has 4 aromatic carbocycles. The molecule has 0 unspecified atom stereocenters. The minimum atomic E-state index is -4.54. The molecule has 0 atom stereocenters. The van der Waals surface area contributed by atoms with Crippen LogP contribution in [0.25, 0.3) is 10.8 Å². The zero-order valence-electron chi connectivity index (χ0n) is 20.1. The fourth-order valence-electron chi connectivity index (χ4n) is 3.78. The summed E-state index contributed by atoms with van der Waals surface area (Å²) in [7, 11) is -3.10.